The summed E-state index contributed by atoms with van der Waals surface area (Å²) in [6.07, 6.45) is 3.41. The lowest BCUT2D eigenvalue weighted by atomic mass is 10.1. The van der Waals surface area contributed by atoms with Gasteiger partial charge in [0, 0.05) is 43.5 Å². The van der Waals surface area contributed by atoms with Gasteiger partial charge in [0.1, 0.15) is 12.2 Å². The van der Waals surface area contributed by atoms with Crippen molar-refractivity contribution in [1.29, 1.82) is 0 Å². The monoisotopic (exact) mass is 310 g/mol. The summed E-state index contributed by atoms with van der Waals surface area (Å²) in [5.74, 6) is 0.961. The molecule has 1 aliphatic heterocycles. The van der Waals surface area contributed by atoms with E-state index >= 15 is 0 Å². The van der Waals surface area contributed by atoms with Gasteiger partial charge in [0.05, 0.1) is 6.54 Å². The van der Waals surface area contributed by atoms with Crippen molar-refractivity contribution in [3.63, 3.8) is 0 Å². The molecule has 1 saturated heterocycles. The number of carbonyl (C=O) groups is 1. The van der Waals surface area contributed by atoms with Gasteiger partial charge in [0.15, 0.2) is 0 Å². The summed E-state index contributed by atoms with van der Waals surface area (Å²) in [7, 11) is 0. The van der Waals surface area contributed by atoms with Crippen LogP contribution < -0.4 is 0 Å². The van der Waals surface area contributed by atoms with Crippen LogP contribution in [0.5, 0.6) is 0 Å². The number of piperazine rings is 1. The van der Waals surface area contributed by atoms with Crippen molar-refractivity contribution >= 4 is 16.8 Å². The van der Waals surface area contributed by atoms with Crippen molar-refractivity contribution in [2.75, 3.05) is 26.2 Å². The number of rotatable bonds is 3. The Morgan fingerprint density at radius 2 is 2.04 bits per heavy atom. The minimum absolute atomic E-state index is 0.0980. The van der Waals surface area contributed by atoms with Crippen LogP contribution in [0.25, 0.3) is 10.9 Å². The Labute approximate surface area is 133 Å². The number of H-pyrrole nitrogens is 2. The maximum absolute atomic E-state index is 12.7. The molecule has 1 aliphatic rings. The third-order valence-corrected chi connectivity index (χ3v) is 4.30. The van der Waals surface area contributed by atoms with Crippen LogP contribution in [-0.4, -0.2) is 62.1 Å². The molecule has 0 bridgehead atoms. The second kappa shape index (κ2) is 5.85. The van der Waals surface area contributed by atoms with E-state index in [1.54, 1.807) is 0 Å². The van der Waals surface area contributed by atoms with Crippen LogP contribution in [0, 0.1) is 0 Å². The number of aromatic amines is 2. The van der Waals surface area contributed by atoms with Crippen molar-refractivity contribution in [2.45, 2.75) is 6.54 Å². The predicted octanol–water partition coefficient (Wildman–Crippen LogP) is 1.24. The van der Waals surface area contributed by atoms with Gasteiger partial charge in [-0.05, 0) is 23.6 Å². The van der Waals surface area contributed by atoms with E-state index in [4.69, 9.17) is 0 Å². The molecule has 2 N–H and O–H groups in total. The van der Waals surface area contributed by atoms with Crippen LogP contribution in [0.4, 0.5) is 0 Å². The smallest absolute Gasteiger partial charge is 0.254 e. The fourth-order valence-electron chi connectivity index (χ4n) is 2.99. The fourth-order valence-corrected chi connectivity index (χ4v) is 2.99. The van der Waals surface area contributed by atoms with Crippen LogP contribution in [-0.2, 0) is 6.54 Å². The summed E-state index contributed by atoms with van der Waals surface area (Å²) in [5.41, 5.74) is 1.74. The Bertz CT molecular complexity index is 801. The molecular formula is C16H18N6O. The summed E-state index contributed by atoms with van der Waals surface area (Å²) in [6, 6.07) is 7.82. The van der Waals surface area contributed by atoms with Crippen molar-refractivity contribution in [1.82, 2.24) is 30.0 Å². The highest BCUT2D eigenvalue weighted by atomic mass is 16.2. The van der Waals surface area contributed by atoms with Crippen molar-refractivity contribution in [3.05, 3.63) is 48.2 Å². The first-order chi connectivity index (χ1) is 11.3. The first-order valence-corrected chi connectivity index (χ1v) is 7.72. The predicted molar refractivity (Wildman–Crippen MR) is 85.9 cm³/mol. The molecule has 7 heteroatoms. The van der Waals surface area contributed by atoms with E-state index in [0.29, 0.717) is 0 Å². The van der Waals surface area contributed by atoms with E-state index in [-0.39, 0.29) is 5.91 Å². The van der Waals surface area contributed by atoms with Crippen LogP contribution >= 0.6 is 0 Å². The van der Waals surface area contributed by atoms with Gasteiger partial charge in [0.2, 0.25) is 0 Å². The molecule has 0 spiro atoms. The average molecular weight is 310 g/mol. The molecule has 23 heavy (non-hydrogen) atoms. The number of nitrogens with zero attached hydrogens (tertiary/aromatic N) is 4. The first-order valence-electron chi connectivity index (χ1n) is 7.72. The molecule has 0 aliphatic carbocycles. The zero-order valence-corrected chi connectivity index (χ0v) is 12.7. The van der Waals surface area contributed by atoms with Gasteiger partial charge in [0.25, 0.3) is 5.91 Å². The highest BCUT2D eigenvalue weighted by molar-refractivity contribution is 5.98. The normalized spacial score (nSPS) is 16.1. The first kappa shape index (κ1) is 14.0. The Morgan fingerprint density at radius 1 is 1.17 bits per heavy atom. The largest absolute Gasteiger partial charge is 0.361 e. The topological polar surface area (TPSA) is 80.9 Å². The zero-order valence-electron chi connectivity index (χ0n) is 12.7. The van der Waals surface area contributed by atoms with E-state index < -0.39 is 0 Å². The second-order valence-electron chi connectivity index (χ2n) is 5.78. The summed E-state index contributed by atoms with van der Waals surface area (Å²) in [4.78, 5) is 24.1. The highest BCUT2D eigenvalue weighted by Crippen LogP contribution is 2.16. The van der Waals surface area contributed by atoms with Crippen LogP contribution in [0.15, 0.2) is 36.8 Å². The standard InChI is InChI=1S/C16H18N6O/c23-16(13-2-1-12-3-4-17-14(12)9-13)22-7-5-21(6-8-22)10-15-18-11-19-20-15/h1-4,9,11,17H,5-8,10H2,(H,18,19,20). The molecular weight excluding hydrogens is 292 g/mol. The Morgan fingerprint density at radius 3 is 2.83 bits per heavy atom. The zero-order chi connectivity index (χ0) is 15.6. The molecule has 1 aromatic carbocycles. The number of hydrogen-bond acceptors (Lipinski definition) is 4. The van der Waals surface area contributed by atoms with Crippen molar-refractivity contribution in [2.24, 2.45) is 0 Å². The highest BCUT2D eigenvalue weighted by Gasteiger charge is 2.22. The van der Waals surface area contributed by atoms with Crippen molar-refractivity contribution < 1.29 is 4.79 Å². The Kier molecular flexibility index (Phi) is 3.55. The third kappa shape index (κ3) is 2.83. The fraction of sp³-hybridized carbons (Fsp3) is 0.312. The minimum Gasteiger partial charge on any atom is -0.361 e. The van der Waals surface area contributed by atoms with Gasteiger partial charge >= 0.3 is 0 Å². The molecule has 3 aromatic rings. The van der Waals surface area contributed by atoms with Gasteiger partial charge in [-0.2, -0.15) is 5.10 Å². The number of carbonyl (C=O) groups excluding carboxylic acids is 1. The lowest BCUT2D eigenvalue weighted by Gasteiger charge is -2.34. The van der Waals surface area contributed by atoms with E-state index in [9.17, 15) is 4.79 Å². The van der Waals surface area contributed by atoms with E-state index in [0.717, 1.165) is 55.0 Å². The molecule has 4 rings (SSSR count). The van der Waals surface area contributed by atoms with Crippen LogP contribution in [0.2, 0.25) is 0 Å². The van der Waals surface area contributed by atoms with Gasteiger partial charge < -0.3 is 9.88 Å². The van der Waals surface area contributed by atoms with Crippen LogP contribution in [0.1, 0.15) is 16.2 Å². The Hall–Kier alpha value is -2.67. The number of aromatic nitrogens is 4. The summed E-state index contributed by atoms with van der Waals surface area (Å²) < 4.78 is 0. The molecule has 1 fully saturated rings. The Balaban J connectivity index is 1.40. The van der Waals surface area contributed by atoms with Crippen molar-refractivity contribution in [3.8, 4) is 0 Å². The lowest BCUT2D eigenvalue weighted by molar-refractivity contribution is 0.0625. The molecule has 0 radical (unpaired) electrons. The second-order valence-corrected chi connectivity index (χ2v) is 5.78. The minimum atomic E-state index is 0.0980. The van der Waals surface area contributed by atoms with E-state index in [1.165, 1.54) is 6.33 Å². The molecule has 0 atom stereocenters. The quantitative estimate of drug-likeness (QED) is 0.763. The molecule has 0 unspecified atom stereocenters. The number of amides is 1. The number of benzene rings is 1. The third-order valence-electron chi connectivity index (χ3n) is 4.30. The molecule has 7 nitrogen and oxygen atoms in total. The summed E-state index contributed by atoms with van der Waals surface area (Å²) >= 11 is 0. The lowest BCUT2D eigenvalue weighted by Crippen LogP contribution is -2.48. The van der Waals surface area contributed by atoms with Gasteiger partial charge in [-0.1, -0.05) is 6.07 Å². The number of nitrogens with one attached hydrogen (secondary N) is 2. The number of fused-ring (bicyclic) bond motifs is 1. The molecule has 0 saturated carbocycles. The maximum atomic E-state index is 12.7. The van der Waals surface area contributed by atoms with Gasteiger partial charge in [-0.15, -0.1) is 0 Å². The average Bonchev–Trinajstić information content (AvgIpc) is 3.25. The molecule has 118 valence electrons. The molecule has 2 aromatic heterocycles. The summed E-state index contributed by atoms with van der Waals surface area (Å²) in [5, 5.41) is 7.86. The van der Waals surface area contributed by atoms with Crippen LogP contribution in [0.3, 0.4) is 0 Å². The SMILES string of the molecule is O=C(c1ccc2cc[nH]c2c1)N1CCN(Cc2ncn[nH]2)CC1. The molecule has 1 amide bonds. The van der Waals surface area contributed by atoms with E-state index in [1.807, 2.05) is 35.4 Å². The van der Waals surface area contributed by atoms with E-state index in [2.05, 4.69) is 25.1 Å². The molecule has 3 heterocycles. The maximum Gasteiger partial charge on any atom is 0.254 e. The van der Waals surface area contributed by atoms with Gasteiger partial charge in [-0.3, -0.25) is 14.8 Å². The summed E-state index contributed by atoms with van der Waals surface area (Å²) in [6.45, 7) is 3.90. The van der Waals surface area contributed by atoms with Gasteiger partial charge in [-0.25, -0.2) is 4.98 Å². The number of hydrogen-bond donors (Lipinski definition) is 2.